The van der Waals surface area contributed by atoms with Crippen molar-refractivity contribution in [3.8, 4) is 0 Å². The normalized spacial score (nSPS) is 11.6. The SMILES string of the molecule is CCNC(=NCCCc1cnn(C)c1)NCCCc1ccc(Br)cc1F. The van der Waals surface area contributed by atoms with Crippen molar-refractivity contribution >= 4 is 21.9 Å². The molecule has 0 saturated carbocycles. The van der Waals surface area contributed by atoms with E-state index in [0.717, 1.165) is 54.9 Å². The number of aliphatic imine (C=N–C) groups is 1. The monoisotopic (exact) mass is 423 g/mol. The van der Waals surface area contributed by atoms with Crippen molar-refractivity contribution in [1.82, 2.24) is 20.4 Å². The molecule has 0 radical (unpaired) electrons. The Bertz CT molecular complexity index is 714. The molecule has 0 aliphatic carbocycles. The van der Waals surface area contributed by atoms with Gasteiger partial charge in [-0.15, -0.1) is 0 Å². The first kappa shape index (κ1) is 20.4. The van der Waals surface area contributed by atoms with Gasteiger partial charge in [-0.2, -0.15) is 5.10 Å². The maximum Gasteiger partial charge on any atom is 0.191 e. The van der Waals surface area contributed by atoms with Crippen LogP contribution in [0.2, 0.25) is 0 Å². The third kappa shape index (κ3) is 7.15. The van der Waals surface area contributed by atoms with Crippen molar-refractivity contribution in [3.63, 3.8) is 0 Å². The van der Waals surface area contributed by atoms with E-state index in [9.17, 15) is 4.39 Å². The van der Waals surface area contributed by atoms with E-state index in [1.165, 1.54) is 11.6 Å². The number of hydrogen-bond acceptors (Lipinski definition) is 2. The first-order chi connectivity index (χ1) is 12.6. The molecule has 0 saturated heterocycles. The van der Waals surface area contributed by atoms with Crippen LogP contribution in [-0.2, 0) is 19.9 Å². The summed E-state index contributed by atoms with van der Waals surface area (Å²) in [6.45, 7) is 4.37. The number of nitrogens with zero attached hydrogens (tertiary/aromatic N) is 3. The van der Waals surface area contributed by atoms with Crippen LogP contribution in [0.5, 0.6) is 0 Å². The molecular formula is C19H27BrFN5. The molecule has 0 unspecified atom stereocenters. The van der Waals surface area contributed by atoms with Crippen LogP contribution in [0.1, 0.15) is 30.9 Å². The zero-order valence-electron chi connectivity index (χ0n) is 15.4. The Labute approximate surface area is 163 Å². The number of nitrogens with one attached hydrogen (secondary N) is 2. The average Bonchev–Trinajstić information content (AvgIpc) is 3.02. The second kappa shape index (κ2) is 11.0. The van der Waals surface area contributed by atoms with Gasteiger partial charge in [0.05, 0.1) is 6.20 Å². The Morgan fingerprint density at radius 2 is 2.12 bits per heavy atom. The van der Waals surface area contributed by atoms with E-state index in [0.29, 0.717) is 6.42 Å². The Kier molecular flexibility index (Phi) is 8.61. The van der Waals surface area contributed by atoms with E-state index < -0.39 is 0 Å². The summed E-state index contributed by atoms with van der Waals surface area (Å²) in [4.78, 5) is 4.60. The number of hydrogen-bond donors (Lipinski definition) is 2. The minimum atomic E-state index is -0.157. The zero-order valence-corrected chi connectivity index (χ0v) is 17.0. The van der Waals surface area contributed by atoms with Gasteiger partial charge in [0, 0.05) is 37.4 Å². The molecule has 2 rings (SSSR count). The first-order valence-electron chi connectivity index (χ1n) is 9.02. The fourth-order valence-electron chi connectivity index (χ4n) is 2.63. The van der Waals surface area contributed by atoms with Gasteiger partial charge in [0.1, 0.15) is 5.82 Å². The first-order valence-corrected chi connectivity index (χ1v) is 9.81. The molecule has 0 aliphatic rings. The third-order valence-electron chi connectivity index (χ3n) is 3.93. The summed E-state index contributed by atoms with van der Waals surface area (Å²) in [5.41, 5.74) is 1.98. The van der Waals surface area contributed by atoms with Gasteiger partial charge in [-0.1, -0.05) is 22.0 Å². The molecule has 26 heavy (non-hydrogen) atoms. The molecule has 2 aromatic rings. The minimum Gasteiger partial charge on any atom is -0.357 e. The maximum absolute atomic E-state index is 13.8. The molecule has 0 atom stereocenters. The van der Waals surface area contributed by atoms with Crippen molar-refractivity contribution in [3.05, 3.63) is 52.0 Å². The van der Waals surface area contributed by atoms with Crippen LogP contribution in [0.15, 0.2) is 40.1 Å². The lowest BCUT2D eigenvalue weighted by molar-refractivity contribution is 0.602. The molecule has 142 valence electrons. The van der Waals surface area contributed by atoms with Crippen LogP contribution in [0.3, 0.4) is 0 Å². The highest BCUT2D eigenvalue weighted by atomic mass is 79.9. The lowest BCUT2D eigenvalue weighted by Crippen LogP contribution is -2.38. The predicted octanol–water partition coefficient (Wildman–Crippen LogP) is 3.44. The van der Waals surface area contributed by atoms with Crippen molar-refractivity contribution in [2.75, 3.05) is 19.6 Å². The summed E-state index contributed by atoms with van der Waals surface area (Å²) in [5.74, 6) is 0.658. The van der Waals surface area contributed by atoms with Gasteiger partial charge in [0.25, 0.3) is 0 Å². The number of aryl methyl sites for hydroxylation is 3. The predicted molar refractivity (Wildman–Crippen MR) is 108 cm³/mol. The lowest BCUT2D eigenvalue weighted by atomic mass is 10.1. The molecule has 1 aromatic carbocycles. The molecule has 0 amide bonds. The van der Waals surface area contributed by atoms with E-state index >= 15 is 0 Å². The molecule has 1 heterocycles. The van der Waals surface area contributed by atoms with E-state index in [1.54, 1.807) is 0 Å². The highest BCUT2D eigenvalue weighted by Crippen LogP contribution is 2.16. The van der Waals surface area contributed by atoms with E-state index in [4.69, 9.17) is 0 Å². The highest BCUT2D eigenvalue weighted by molar-refractivity contribution is 9.10. The summed E-state index contributed by atoms with van der Waals surface area (Å²) in [7, 11) is 1.93. The van der Waals surface area contributed by atoms with Crippen LogP contribution < -0.4 is 10.6 Å². The van der Waals surface area contributed by atoms with E-state index in [1.807, 2.05) is 43.2 Å². The van der Waals surface area contributed by atoms with Crippen LogP contribution in [-0.4, -0.2) is 35.4 Å². The Balaban J connectivity index is 1.70. The second-order valence-electron chi connectivity index (χ2n) is 6.15. The molecular weight excluding hydrogens is 397 g/mol. The fraction of sp³-hybridized carbons (Fsp3) is 0.474. The summed E-state index contributed by atoms with van der Waals surface area (Å²) in [5, 5.41) is 10.7. The van der Waals surface area contributed by atoms with Crippen LogP contribution >= 0.6 is 15.9 Å². The molecule has 0 spiro atoms. The molecule has 1 aromatic heterocycles. The van der Waals surface area contributed by atoms with E-state index in [2.05, 4.69) is 36.7 Å². The highest BCUT2D eigenvalue weighted by Gasteiger charge is 2.03. The van der Waals surface area contributed by atoms with Gasteiger partial charge in [0.15, 0.2) is 5.96 Å². The Morgan fingerprint density at radius 3 is 2.81 bits per heavy atom. The molecule has 0 fully saturated rings. The largest absolute Gasteiger partial charge is 0.357 e. The number of benzene rings is 1. The van der Waals surface area contributed by atoms with Crippen molar-refractivity contribution in [1.29, 1.82) is 0 Å². The van der Waals surface area contributed by atoms with Gasteiger partial charge < -0.3 is 10.6 Å². The Hall–Kier alpha value is -1.89. The number of guanidine groups is 1. The third-order valence-corrected chi connectivity index (χ3v) is 4.42. The summed E-state index contributed by atoms with van der Waals surface area (Å²) in [6, 6.07) is 5.22. The van der Waals surface area contributed by atoms with E-state index in [-0.39, 0.29) is 5.82 Å². The number of aromatic nitrogens is 2. The smallest absolute Gasteiger partial charge is 0.191 e. The molecule has 0 aliphatic heterocycles. The molecule has 2 N–H and O–H groups in total. The number of rotatable bonds is 9. The standard InChI is InChI=1S/C19H27BrFN5/c1-3-22-19(23-10-4-6-15-13-25-26(2)14-15)24-11-5-7-16-8-9-17(20)12-18(16)21/h8-9,12-14H,3-7,10-11H2,1-2H3,(H2,22,23,24). The quantitative estimate of drug-likeness (QED) is 0.369. The van der Waals surface area contributed by atoms with Gasteiger partial charge in [-0.25, -0.2) is 4.39 Å². The number of halogens is 2. The van der Waals surface area contributed by atoms with Gasteiger partial charge in [0.2, 0.25) is 0 Å². The van der Waals surface area contributed by atoms with Crippen LogP contribution in [0, 0.1) is 5.82 Å². The Morgan fingerprint density at radius 1 is 1.27 bits per heavy atom. The van der Waals surface area contributed by atoms with Gasteiger partial charge in [-0.3, -0.25) is 9.67 Å². The van der Waals surface area contributed by atoms with Gasteiger partial charge >= 0.3 is 0 Å². The lowest BCUT2D eigenvalue weighted by Gasteiger charge is -2.11. The van der Waals surface area contributed by atoms with Crippen molar-refractivity contribution < 1.29 is 4.39 Å². The van der Waals surface area contributed by atoms with Crippen LogP contribution in [0.4, 0.5) is 4.39 Å². The topological polar surface area (TPSA) is 54.2 Å². The zero-order chi connectivity index (χ0) is 18.8. The molecule has 5 nitrogen and oxygen atoms in total. The summed E-state index contributed by atoms with van der Waals surface area (Å²) >= 11 is 3.28. The molecule has 0 bridgehead atoms. The van der Waals surface area contributed by atoms with Crippen LogP contribution in [0.25, 0.3) is 0 Å². The molecule has 7 heteroatoms. The second-order valence-corrected chi connectivity index (χ2v) is 7.07. The van der Waals surface area contributed by atoms with Crippen molar-refractivity contribution in [2.24, 2.45) is 12.0 Å². The maximum atomic E-state index is 13.8. The average molecular weight is 424 g/mol. The summed E-state index contributed by atoms with van der Waals surface area (Å²) in [6.07, 6.45) is 7.43. The van der Waals surface area contributed by atoms with Crippen molar-refractivity contribution in [2.45, 2.75) is 32.6 Å². The fourth-order valence-corrected chi connectivity index (χ4v) is 2.96. The minimum absolute atomic E-state index is 0.157. The van der Waals surface area contributed by atoms with Gasteiger partial charge in [-0.05, 0) is 55.9 Å². The summed E-state index contributed by atoms with van der Waals surface area (Å²) < 4.78 is 16.4.